The zero-order valence-electron chi connectivity index (χ0n) is 15.5. The van der Waals surface area contributed by atoms with Crippen molar-refractivity contribution >= 4 is 17.1 Å². The molecule has 2 aromatic heterocycles. The predicted molar refractivity (Wildman–Crippen MR) is 105 cm³/mol. The van der Waals surface area contributed by atoms with Crippen LogP contribution in [0.2, 0.25) is 0 Å². The SMILES string of the molecule is CCCCC(=O)NCCCn1c(-c2ccc(C)cc2)nc2cccnc21. The Balaban J connectivity index is 1.75. The third kappa shape index (κ3) is 4.28. The van der Waals surface area contributed by atoms with Crippen molar-refractivity contribution in [1.82, 2.24) is 19.9 Å². The second kappa shape index (κ2) is 8.61. The van der Waals surface area contributed by atoms with Crippen LogP contribution in [0.5, 0.6) is 0 Å². The number of amides is 1. The fourth-order valence-electron chi connectivity index (χ4n) is 2.98. The summed E-state index contributed by atoms with van der Waals surface area (Å²) in [5.41, 5.74) is 4.10. The Hall–Kier alpha value is -2.69. The van der Waals surface area contributed by atoms with Crippen molar-refractivity contribution in [3.05, 3.63) is 48.2 Å². The molecule has 0 bridgehead atoms. The van der Waals surface area contributed by atoms with E-state index in [9.17, 15) is 4.79 Å². The molecule has 5 heteroatoms. The summed E-state index contributed by atoms with van der Waals surface area (Å²) < 4.78 is 2.15. The molecule has 0 aliphatic heterocycles. The average molecular weight is 350 g/mol. The molecule has 0 aliphatic carbocycles. The van der Waals surface area contributed by atoms with Crippen molar-refractivity contribution in [2.75, 3.05) is 6.54 Å². The highest BCUT2D eigenvalue weighted by molar-refractivity contribution is 5.77. The van der Waals surface area contributed by atoms with Crippen LogP contribution in [0.3, 0.4) is 0 Å². The Kier molecular flexibility index (Phi) is 6.00. The van der Waals surface area contributed by atoms with Gasteiger partial charge in [0.25, 0.3) is 0 Å². The molecule has 1 aromatic carbocycles. The zero-order chi connectivity index (χ0) is 18.4. The number of benzene rings is 1. The van der Waals surface area contributed by atoms with Gasteiger partial charge in [-0.2, -0.15) is 0 Å². The van der Waals surface area contributed by atoms with Crippen LogP contribution in [-0.2, 0) is 11.3 Å². The summed E-state index contributed by atoms with van der Waals surface area (Å²) in [7, 11) is 0. The molecule has 0 saturated carbocycles. The lowest BCUT2D eigenvalue weighted by Crippen LogP contribution is -2.24. The van der Waals surface area contributed by atoms with Gasteiger partial charge < -0.3 is 9.88 Å². The number of carbonyl (C=O) groups excluding carboxylic acids is 1. The summed E-state index contributed by atoms with van der Waals surface area (Å²) in [6.07, 6.45) is 5.24. The molecule has 2 heterocycles. The lowest BCUT2D eigenvalue weighted by atomic mass is 10.1. The smallest absolute Gasteiger partial charge is 0.219 e. The van der Waals surface area contributed by atoms with Crippen LogP contribution in [0.4, 0.5) is 0 Å². The van der Waals surface area contributed by atoms with Gasteiger partial charge in [0.15, 0.2) is 5.65 Å². The van der Waals surface area contributed by atoms with Crippen molar-refractivity contribution in [2.45, 2.75) is 46.1 Å². The van der Waals surface area contributed by atoms with Crippen molar-refractivity contribution < 1.29 is 4.79 Å². The molecule has 3 aromatic rings. The Morgan fingerprint density at radius 1 is 1.15 bits per heavy atom. The number of fused-ring (bicyclic) bond motifs is 1. The summed E-state index contributed by atoms with van der Waals surface area (Å²) in [5, 5.41) is 3.00. The summed E-state index contributed by atoms with van der Waals surface area (Å²) >= 11 is 0. The number of rotatable bonds is 8. The molecule has 0 saturated heterocycles. The minimum atomic E-state index is 0.138. The highest BCUT2D eigenvalue weighted by atomic mass is 16.1. The van der Waals surface area contributed by atoms with Crippen molar-refractivity contribution in [3.63, 3.8) is 0 Å². The summed E-state index contributed by atoms with van der Waals surface area (Å²) in [6, 6.07) is 12.3. The van der Waals surface area contributed by atoms with E-state index in [1.807, 2.05) is 12.1 Å². The number of hydrogen-bond donors (Lipinski definition) is 1. The lowest BCUT2D eigenvalue weighted by molar-refractivity contribution is -0.121. The number of nitrogens with one attached hydrogen (secondary N) is 1. The molecule has 0 spiro atoms. The van der Waals surface area contributed by atoms with E-state index in [1.54, 1.807) is 6.20 Å². The van der Waals surface area contributed by atoms with Crippen LogP contribution >= 0.6 is 0 Å². The van der Waals surface area contributed by atoms with Gasteiger partial charge in [0.05, 0.1) is 0 Å². The van der Waals surface area contributed by atoms with E-state index in [-0.39, 0.29) is 5.91 Å². The molecule has 1 amide bonds. The van der Waals surface area contributed by atoms with E-state index in [4.69, 9.17) is 4.98 Å². The molecule has 26 heavy (non-hydrogen) atoms. The molecule has 0 atom stereocenters. The van der Waals surface area contributed by atoms with Gasteiger partial charge in [-0.1, -0.05) is 43.2 Å². The van der Waals surface area contributed by atoms with Crippen LogP contribution in [0.25, 0.3) is 22.6 Å². The Morgan fingerprint density at radius 3 is 2.73 bits per heavy atom. The first-order valence-corrected chi connectivity index (χ1v) is 9.34. The minimum absolute atomic E-state index is 0.138. The Bertz CT molecular complexity index is 867. The number of aryl methyl sites for hydroxylation is 2. The highest BCUT2D eigenvalue weighted by Gasteiger charge is 2.13. The number of aromatic nitrogens is 3. The van der Waals surface area contributed by atoms with Gasteiger partial charge in [0.2, 0.25) is 5.91 Å². The summed E-state index contributed by atoms with van der Waals surface area (Å²) in [4.78, 5) is 21.0. The monoisotopic (exact) mass is 350 g/mol. The number of unbranched alkanes of at least 4 members (excludes halogenated alkanes) is 1. The van der Waals surface area contributed by atoms with E-state index in [0.717, 1.165) is 48.4 Å². The Morgan fingerprint density at radius 2 is 1.96 bits per heavy atom. The molecule has 0 radical (unpaired) electrons. The number of hydrogen-bond acceptors (Lipinski definition) is 3. The molecular weight excluding hydrogens is 324 g/mol. The molecule has 0 aliphatic rings. The third-order valence-corrected chi connectivity index (χ3v) is 4.45. The largest absolute Gasteiger partial charge is 0.356 e. The number of imidazole rings is 1. The molecule has 5 nitrogen and oxygen atoms in total. The fraction of sp³-hybridized carbons (Fsp3) is 0.381. The van der Waals surface area contributed by atoms with Crippen LogP contribution in [0.15, 0.2) is 42.6 Å². The predicted octanol–water partition coefficient (Wildman–Crippen LogP) is 4.10. The third-order valence-electron chi connectivity index (χ3n) is 4.45. The van der Waals surface area contributed by atoms with Gasteiger partial charge in [-0.25, -0.2) is 9.97 Å². The summed E-state index contributed by atoms with van der Waals surface area (Å²) in [6.45, 7) is 5.61. The number of pyridine rings is 1. The molecular formula is C21H26N4O. The second-order valence-corrected chi connectivity index (χ2v) is 6.61. The first kappa shape index (κ1) is 18.1. The van der Waals surface area contributed by atoms with E-state index in [0.29, 0.717) is 13.0 Å². The van der Waals surface area contributed by atoms with E-state index < -0.39 is 0 Å². The molecule has 0 unspecified atom stereocenters. The zero-order valence-corrected chi connectivity index (χ0v) is 15.5. The van der Waals surface area contributed by atoms with Crippen LogP contribution < -0.4 is 5.32 Å². The number of nitrogens with zero attached hydrogens (tertiary/aromatic N) is 3. The maximum Gasteiger partial charge on any atom is 0.219 e. The van der Waals surface area contributed by atoms with Gasteiger partial charge in [-0.05, 0) is 31.9 Å². The summed E-state index contributed by atoms with van der Waals surface area (Å²) in [5.74, 6) is 1.07. The van der Waals surface area contributed by atoms with Crippen molar-refractivity contribution in [3.8, 4) is 11.4 Å². The van der Waals surface area contributed by atoms with Crippen LogP contribution in [0, 0.1) is 6.92 Å². The quantitative estimate of drug-likeness (QED) is 0.622. The van der Waals surface area contributed by atoms with Crippen molar-refractivity contribution in [2.24, 2.45) is 0 Å². The van der Waals surface area contributed by atoms with Crippen LogP contribution in [0.1, 0.15) is 38.2 Å². The van der Waals surface area contributed by atoms with E-state index in [1.165, 1.54) is 5.56 Å². The van der Waals surface area contributed by atoms with Gasteiger partial charge in [0, 0.05) is 31.3 Å². The minimum Gasteiger partial charge on any atom is -0.356 e. The molecule has 136 valence electrons. The molecule has 3 rings (SSSR count). The molecule has 1 N–H and O–H groups in total. The first-order chi connectivity index (χ1) is 12.7. The molecule has 0 fully saturated rings. The van der Waals surface area contributed by atoms with E-state index in [2.05, 4.69) is 53.0 Å². The Labute approximate surface area is 154 Å². The van der Waals surface area contributed by atoms with Gasteiger partial charge in [-0.15, -0.1) is 0 Å². The lowest BCUT2D eigenvalue weighted by Gasteiger charge is -2.10. The maximum atomic E-state index is 11.8. The number of carbonyl (C=O) groups is 1. The van der Waals surface area contributed by atoms with Crippen LogP contribution in [-0.4, -0.2) is 27.0 Å². The first-order valence-electron chi connectivity index (χ1n) is 9.34. The second-order valence-electron chi connectivity index (χ2n) is 6.61. The van der Waals surface area contributed by atoms with Gasteiger partial charge in [-0.3, -0.25) is 4.79 Å². The van der Waals surface area contributed by atoms with Gasteiger partial charge >= 0.3 is 0 Å². The topological polar surface area (TPSA) is 59.8 Å². The standard InChI is InChI=1S/C21H26N4O/c1-3-4-8-19(26)22-14-6-15-25-20(17-11-9-16(2)10-12-17)24-18-7-5-13-23-21(18)25/h5,7,9-13H,3-4,6,8,14-15H2,1-2H3,(H,22,26). The fourth-order valence-corrected chi connectivity index (χ4v) is 2.98. The van der Waals surface area contributed by atoms with E-state index >= 15 is 0 Å². The van der Waals surface area contributed by atoms with Gasteiger partial charge in [0.1, 0.15) is 11.3 Å². The normalized spacial score (nSPS) is 11.0. The maximum absolute atomic E-state index is 11.8. The van der Waals surface area contributed by atoms with Crippen molar-refractivity contribution in [1.29, 1.82) is 0 Å². The highest BCUT2D eigenvalue weighted by Crippen LogP contribution is 2.24. The average Bonchev–Trinajstić information content (AvgIpc) is 3.03.